The van der Waals surface area contributed by atoms with Crippen molar-refractivity contribution in [1.29, 1.82) is 0 Å². The van der Waals surface area contributed by atoms with Crippen molar-refractivity contribution in [2.24, 2.45) is 0 Å². The van der Waals surface area contributed by atoms with Crippen LogP contribution in [-0.4, -0.2) is 37.2 Å². The second-order valence-corrected chi connectivity index (χ2v) is 19.9. The third-order valence-electron chi connectivity index (χ3n) is 12.7. The number of rotatable bonds is 54. The van der Waals surface area contributed by atoms with E-state index in [1.165, 1.54) is 109 Å². The van der Waals surface area contributed by atoms with Crippen LogP contribution >= 0.6 is 0 Å². The van der Waals surface area contributed by atoms with Gasteiger partial charge in [0.25, 0.3) is 0 Å². The lowest BCUT2D eigenvalue weighted by molar-refractivity contribution is -0.166. The molecule has 0 aromatic heterocycles. The quantitative estimate of drug-likeness (QED) is 0.0261. The van der Waals surface area contributed by atoms with Crippen molar-refractivity contribution in [1.82, 2.24) is 0 Å². The summed E-state index contributed by atoms with van der Waals surface area (Å²) >= 11 is 0. The second-order valence-electron chi connectivity index (χ2n) is 19.9. The molecule has 6 nitrogen and oxygen atoms in total. The number of allylic oxidation sites excluding steroid dienone is 21. The minimum Gasteiger partial charge on any atom is -0.462 e. The molecule has 0 N–H and O–H groups in total. The summed E-state index contributed by atoms with van der Waals surface area (Å²) in [7, 11) is 0. The summed E-state index contributed by atoms with van der Waals surface area (Å²) in [6.45, 7) is 6.33. The molecule has 0 saturated carbocycles. The molecule has 0 rings (SSSR count). The first-order chi connectivity index (χ1) is 37.0. The molecular formula is C69H112O6. The minimum atomic E-state index is -0.837. The highest BCUT2D eigenvalue weighted by Crippen LogP contribution is 2.15. The first-order valence-electron chi connectivity index (χ1n) is 30.7. The molecule has 1 atom stereocenters. The van der Waals surface area contributed by atoms with Crippen LogP contribution in [0.2, 0.25) is 0 Å². The van der Waals surface area contributed by atoms with Crippen molar-refractivity contribution < 1.29 is 28.6 Å². The van der Waals surface area contributed by atoms with E-state index in [9.17, 15) is 14.4 Å². The molecule has 0 aromatic rings. The molecule has 1 unspecified atom stereocenters. The van der Waals surface area contributed by atoms with E-state index in [4.69, 9.17) is 14.2 Å². The van der Waals surface area contributed by atoms with Crippen LogP contribution in [0.4, 0.5) is 0 Å². The van der Waals surface area contributed by atoms with Crippen molar-refractivity contribution in [3.8, 4) is 0 Å². The van der Waals surface area contributed by atoms with Gasteiger partial charge < -0.3 is 14.2 Å². The van der Waals surface area contributed by atoms with Gasteiger partial charge in [-0.05, 0) is 96.3 Å². The molecule has 0 amide bonds. The average molecular weight is 1040 g/mol. The second kappa shape index (κ2) is 62.1. The van der Waals surface area contributed by atoms with Crippen LogP contribution in [0.1, 0.15) is 265 Å². The van der Waals surface area contributed by atoms with E-state index < -0.39 is 12.1 Å². The number of esters is 3. The first kappa shape index (κ1) is 70.5. The van der Waals surface area contributed by atoms with Gasteiger partial charge in [0, 0.05) is 12.8 Å². The monoisotopic (exact) mass is 1040 g/mol. The molecule has 0 heterocycles. The molecule has 0 saturated heterocycles. The molecule has 0 radical (unpaired) electrons. The number of hydrogen-bond donors (Lipinski definition) is 0. The van der Waals surface area contributed by atoms with Crippen LogP contribution in [0.3, 0.4) is 0 Å². The Hall–Kier alpha value is -4.45. The molecule has 0 bridgehead atoms. The summed E-state index contributed by atoms with van der Waals surface area (Å²) in [4.78, 5) is 38.1. The number of unbranched alkanes of at least 4 members (excludes halogenated alkanes) is 22. The van der Waals surface area contributed by atoms with Gasteiger partial charge in [-0.3, -0.25) is 14.4 Å². The van der Waals surface area contributed by atoms with Crippen molar-refractivity contribution >= 4 is 17.9 Å². The highest BCUT2D eigenvalue weighted by molar-refractivity contribution is 5.72. The maximum absolute atomic E-state index is 12.8. The van der Waals surface area contributed by atoms with Gasteiger partial charge in [-0.1, -0.05) is 283 Å². The largest absolute Gasteiger partial charge is 0.462 e. The van der Waals surface area contributed by atoms with Crippen LogP contribution in [0.15, 0.2) is 134 Å². The first-order valence-corrected chi connectivity index (χ1v) is 30.7. The van der Waals surface area contributed by atoms with E-state index in [1.807, 2.05) is 6.08 Å². The smallest absolute Gasteiger partial charge is 0.310 e. The van der Waals surface area contributed by atoms with E-state index >= 15 is 0 Å². The molecule has 75 heavy (non-hydrogen) atoms. The van der Waals surface area contributed by atoms with Crippen LogP contribution in [-0.2, 0) is 28.6 Å². The summed E-state index contributed by atoms with van der Waals surface area (Å²) in [5.74, 6) is -1.05. The Balaban J connectivity index is 4.35. The van der Waals surface area contributed by atoms with Crippen LogP contribution in [0, 0.1) is 0 Å². The summed E-state index contributed by atoms with van der Waals surface area (Å²) in [6.07, 6.45) is 87.7. The van der Waals surface area contributed by atoms with Crippen molar-refractivity contribution in [3.63, 3.8) is 0 Å². The van der Waals surface area contributed by atoms with Gasteiger partial charge in [-0.15, -0.1) is 0 Å². The zero-order valence-corrected chi connectivity index (χ0v) is 48.5. The summed E-state index contributed by atoms with van der Waals surface area (Å²) < 4.78 is 16.8. The highest BCUT2D eigenvalue weighted by atomic mass is 16.6. The molecule has 0 fully saturated rings. The lowest BCUT2D eigenvalue weighted by atomic mass is 10.0. The fraction of sp³-hybridized carbons (Fsp3) is 0.638. The van der Waals surface area contributed by atoms with Crippen molar-refractivity contribution in [2.75, 3.05) is 13.2 Å². The standard InChI is InChI=1S/C69H112O6/c1-4-7-10-13-16-19-22-25-27-28-29-30-31-32-33-34-35-36-37-38-39-40-42-44-47-50-53-56-59-62-68(71)74-65-66(64-73-67(70)61-58-55-52-49-46-43-24-21-18-15-12-9-6-3)75-69(72)63-60-57-54-51-48-45-41-26-23-20-17-14-11-8-5-2/h7-8,10-11,16-17,19-20,25-27,29-30,32-33,35-36,41,48,51,57,60,66H,4-6,9,12-15,18,21-24,28,31,34,37-40,42-47,49-50,52-56,58-59,61-65H2,1-3H3/b10-7-,11-8-,19-16-,20-17-,27-25-,30-29-,33-32-,36-35-,41-26-,51-48-,60-57-. The molecule has 0 aliphatic heterocycles. The zero-order valence-electron chi connectivity index (χ0n) is 48.5. The van der Waals surface area contributed by atoms with Crippen LogP contribution < -0.4 is 0 Å². The number of hydrogen-bond acceptors (Lipinski definition) is 6. The Bertz CT molecular complexity index is 1620. The zero-order chi connectivity index (χ0) is 54.3. The Morgan fingerprint density at radius 3 is 0.880 bits per heavy atom. The molecule has 0 aromatic carbocycles. The van der Waals surface area contributed by atoms with Gasteiger partial charge in [0.1, 0.15) is 13.2 Å². The Labute approximate surface area is 462 Å². The number of ether oxygens (including phenoxy) is 3. The van der Waals surface area contributed by atoms with E-state index in [-0.39, 0.29) is 31.6 Å². The summed E-state index contributed by atoms with van der Waals surface area (Å²) in [5, 5.41) is 0. The van der Waals surface area contributed by atoms with Gasteiger partial charge in [-0.25, -0.2) is 0 Å². The van der Waals surface area contributed by atoms with E-state index in [0.29, 0.717) is 12.8 Å². The molecule has 0 aliphatic carbocycles. The lowest BCUT2D eigenvalue weighted by Gasteiger charge is -2.18. The van der Waals surface area contributed by atoms with Gasteiger partial charge in [0.15, 0.2) is 6.10 Å². The van der Waals surface area contributed by atoms with Gasteiger partial charge in [-0.2, -0.15) is 0 Å². The maximum atomic E-state index is 12.8. The molecule has 424 valence electrons. The normalized spacial score (nSPS) is 13.1. The molecule has 0 aliphatic rings. The van der Waals surface area contributed by atoms with Gasteiger partial charge in [0.05, 0.1) is 6.42 Å². The Kier molecular flexibility index (Phi) is 58.4. The Morgan fingerprint density at radius 1 is 0.293 bits per heavy atom. The third kappa shape index (κ3) is 60.3. The molecular weight excluding hydrogens is 925 g/mol. The number of carbonyl (C=O) groups is 3. The minimum absolute atomic E-state index is 0.0932. The molecule has 6 heteroatoms. The predicted molar refractivity (Wildman–Crippen MR) is 325 cm³/mol. The summed E-state index contributed by atoms with van der Waals surface area (Å²) in [6, 6.07) is 0. The fourth-order valence-corrected chi connectivity index (χ4v) is 8.17. The van der Waals surface area contributed by atoms with Crippen molar-refractivity contribution in [3.05, 3.63) is 134 Å². The SMILES string of the molecule is CC/C=C\C/C=C\C/C=C\C/C=C\C/C=C\C/C=C\CCCCCCCCCCCCC(=O)OCC(COC(=O)CCCCCCCCCCCCCCC)OC(=O)C/C=C\C/C=C\C/C=C\C/C=C\C/C=C\CC. The maximum Gasteiger partial charge on any atom is 0.310 e. The van der Waals surface area contributed by atoms with Gasteiger partial charge in [0.2, 0.25) is 0 Å². The average Bonchev–Trinajstić information content (AvgIpc) is 3.41. The number of carbonyl (C=O) groups excluding carboxylic acids is 3. The van der Waals surface area contributed by atoms with Crippen LogP contribution in [0.5, 0.6) is 0 Å². The predicted octanol–water partition coefficient (Wildman–Crippen LogP) is 21.0. The molecule has 0 spiro atoms. The highest BCUT2D eigenvalue weighted by Gasteiger charge is 2.19. The van der Waals surface area contributed by atoms with Crippen LogP contribution in [0.25, 0.3) is 0 Å². The van der Waals surface area contributed by atoms with E-state index in [1.54, 1.807) is 6.08 Å². The summed E-state index contributed by atoms with van der Waals surface area (Å²) in [5.41, 5.74) is 0. The fourth-order valence-electron chi connectivity index (χ4n) is 8.17. The van der Waals surface area contributed by atoms with E-state index in [0.717, 1.165) is 116 Å². The van der Waals surface area contributed by atoms with Gasteiger partial charge >= 0.3 is 17.9 Å². The Morgan fingerprint density at radius 2 is 0.560 bits per heavy atom. The lowest BCUT2D eigenvalue weighted by Crippen LogP contribution is -2.30. The van der Waals surface area contributed by atoms with E-state index in [2.05, 4.69) is 142 Å². The topological polar surface area (TPSA) is 78.9 Å². The van der Waals surface area contributed by atoms with Crippen molar-refractivity contribution in [2.45, 2.75) is 271 Å². The third-order valence-corrected chi connectivity index (χ3v) is 12.7.